The maximum atomic E-state index is 12.6. The van der Waals surface area contributed by atoms with Crippen LogP contribution in [0, 0.1) is 0 Å². The minimum absolute atomic E-state index is 0.411. The number of Topliss-reactive ketones (excluding diaryl/α,β-unsaturated/α-hetero) is 1. The zero-order chi connectivity index (χ0) is 16.2. The summed E-state index contributed by atoms with van der Waals surface area (Å²) in [6.45, 7) is 2.77. The predicted octanol–water partition coefficient (Wildman–Crippen LogP) is 2.60. The molecule has 0 unspecified atom stereocenters. The van der Waals surface area contributed by atoms with Gasteiger partial charge in [0.05, 0.1) is 5.56 Å². The smallest absolute Gasteiger partial charge is 0.260 e. The molecule has 2 aromatic rings. The molecular weight excluding hydrogens is 286 g/mol. The van der Waals surface area contributed by atoms with E-state index in [1.54, 1.807) is 0 Å². The Morgan fingerprint density at radius 3 is 2.04 bits per heavy atom. The minimum Gasteiger partial charge on any atom is -0.865 e. The fourth-order valence-corrected chi connectivity index (χ4v) is 2.88. The van der Waals surface area contributed by atoms with Gasteiger partial charge in [-0.05, 0) is 24.3 Å². The van der Waals surface area contributed by atoms with Crippen LogP contribution in [0.1, 0.15) is 30.9 Å². The second-order valence-electron chi connectivity index (χ2n) is 5.59. The van der Waals surface area contributed by atoms with E-state index in [0.29, 0.717) is 18.0 Å². The number of unbranched alkanes of at least 4 members (excludes halogenated alkanes) is 1. The highest BCUT2D eigenvalue weighted by atomic mass is 16.3. The first kappa shape index (κ1) is 15.2. The van der Waals surface area contributed by atoms with Crippen molar-refractivity contribution in [1.82, 2.24) is 0 Å². The van der Waals surface area contributed by atoms with Crippen molar-refractivity contribution in [1.29, 1.82) is 0 Å². The average molecular weight is 305 g/mol. The summed E-state index contributed by atoms with van der Waals surface area (Å²) in [5, 5.41) is 12.6. The molecule has 0 spiro atoms. The highest BCUT2D eigenvalue weighted by Gasteiger charge is 2.37. The molecule has 0 aliphatic carbocycles. The van der Waals surface area contributed by atoms with Gasteiger partial charge in [0.1, 0.15) is 6.54 Å². The normalized spacial score (nSPS) is 14.7. The van der Waals surface area contributed by atoms with Gasteiger partial charge in [0.15, 0.2) is 0 Å². The second kappa shape index (κ2) is 6.61. The van der Waals surface area contributed by atoms with E-state index in [9.17, 15) is 9.90 Å². The molecule has 2 aromatic carbocycles. The van der Waals surface area contributed by atoms with Gasteiger partial charge in [0.25, 0.3) is 5.71 Å². The number of carbonyl (C=O) groups excluding carboxylic acids is 1. The fraction of sp³-hybridized carbons (Fsp3) is 0.200. The molecule has 0 saturated carbocycles. The van der Waals surface area contributed by atoms with Crippen LogP contribution in [-0.2, 0) is 4.79 Å². The Kier molecular flexibility index (Phi) is 4.38. The van der Waals surface area contributed by atoms with Crippen molar-refractivity contribution in [3.8, 4) is 0 Å². The molecule has 3 rings (SSSR count). The van der Waals surface area contributed by atoms with Crippen LogP contribution in [0.3, 0.4) is 0 Å². The van der Waals surface area contributed by atoms with Crippen LogP contribution in [0.15, 0.2) is 66.4 Å². The van der Waals surface area contributed by atoms with Crippen LogP contribution in [-0.4, -0.2) is 22.6 Å². The lowest BCUT2D eigenvalue weighted by atomic mass is 10.1. The molecule has 0 atom stereocenters. The maximum absolute atomic E-state index is 12.6. The van der Waals surface area contributed by atoms with Crippen LogP contribution in [0.5, 0.6) is 0 Å². The predicted molar refractivity (Wildman–Crippen MR) is 89.0 cm³/mol. The van der Waals surface area contributed by atoms with Gasteiger partial charge in [-0.15, -0.1) is 0 Å². The van der Waals surface area contributed by atoms with Crippen LogP contribution in [0.2, 0.25) is 0 Å². The largest absolute Gasteiger partial charge is 0.865 e. The van der Waals surface area contributed by atoms with Crippen LogP contribution in [0.4, 0.5) is 0 Å². The lowest BCUT2D eigenvalue weighted by molar-refractivity contribution is -0.435. The molecule has 3 heteroatoms. The molecule has 1 aliphatic rings. The van der Waals surface area contributed by atoms with Crippen molar-refractivity contribution in [2.45, 2.75) is 19.8 Å². The Bertz CT molecular complexity index is 774. The van der Waals surface area contributed by atoms with Crippen LogP contribution in [0.25, 0.3) is 5.70 Å². The lowest BCUT2D eigenvalue weighted by Gasteiger charge is -2.08. The first-order valence-corrected chi connectivity index (χ1v) is 7.95. The summed E-state index contributed by atoms with van der Waals surface area (Å²) < 4.78 is 1.90. The monoisotopic (exact) mass is 305 g/mol. The lowest BCUT2D eigenvalue weighted by Crippen LogP contribution is -2.24. The third kappa shape index (κ3) is 2.82. The van der Waals surface area contributed by atoms with E-state index in [4.69, 9.17) is 0 Å². The van der Waals surface area contributed by atoms with Crippen molar-refractivity contribution in [3.05, 3.63) is 77.5 Å². The number of carbonyl (C=O) groups is 1. The molecule has 0 radical (unpaired) electrons. The Hall–Kier alpha value is -2.68. The van der Waals surface area contributed by atoms with Gasteiger partial charge in [0.2, 0.25) is 11.5 Å². The molecule has 1 heterocycles. The van der Waals surface area contributed by atoms with E-state index in [1.807, 2.05) is 65.2 Å². The first-order valence-electron chi connectivity index (χ1n) is 7.95. The van der Waals surface area contributed by atoms with Gasteiger partial charge in [-0.2, -0.15) is 4.58 Å². The summed E-state index contributed by atoms with van der Waals surface area (Å²) in [4.78, 5) is 12.6. The molecule has 0 aromatic heterocycles. The van der Waals surface area contributed by atoms with E-state index in [0.717, 1.165) is 24.0 Å². The van der Waals surface area contributed by atoms with Crippen LogP contribution >= 0.6 is 0 Å². The number of benzene rings is 2. The summed E-state index contributed by atoms with van der Waals surface area (Å²) in [5.74, 6) is -0.822. The van der Waals surface area contributed by atoms with Crippen molar-refractivity contribution in [2.24, 2.45) is 0 Å². The summed E-state index contributed by atoms with van der Waals surface area (Å²) in [6, 6.07) is 18.9. The highest BCUT2D eigenvalue weighted by molar-refractivity contribution is 6.51. The molecule has 23 heavy (non-hydrogen) atoms. The topological polar surface area (TPSA) is 43.1 Å². The molecule has 0 bridgehead atoms. The van der Waals surface area contributed by atoms with Gasteiger partial charge >= 0.3 is 0 Å². The first-order chi connectivity index (χ1) is 11.2. The summed E-state index contributed by atoms with van der Waals surface area (Å²) >= 11 is 0. The highest BCUT2D eigenvalue weighted by Crippen LogP contribution is 2.26. The second-order valence-corrected chi connectivity index (χ2v) is 5.59. The number of allylic oxidation sites excluding steroid dienone is 1. The zero-order valence-corrected chi connectivity index (χ0v) is 13.2. The zero-order valence-electron chi connectivity index (χ0n) is 13.2. The summed E-state index contributed by atoms with van der Waals surface area (Å²) in [6.07, 6.45) is 1.93. The number of nitrogens with zero attached hydrogens (tertiary/aromatic N) is 1. The third-order valence-electron chi connectivity index (χ3n) is 4.01. The fourth-order valence-electron chi connectivity index (χ4n) is 2.88. The van der Waals surface area contributed by atoms with E-state index in [-0.39, 0.29) is 0 Å². The Morgan fingerprint density at radius 1 is 0.913 bits per heavy atom. The van der Waals surface area contributed by atoms with E-state index < -0.39 is 11.5 Å². The summed E-state index contributed by atoms with van der Waals surface area (Å²) in [7, 11) is 0. The van der Waals surface area contributed by atoms with Crippen molar-refractivity contribution >= 4 is 17.2 Å². The number of hydrogen-bond donors (Lipinski definition) is 0. The van der Waals surface area contributed by atoms with E-state index in [2.05, 4.69) is 6.92 Å². The van der Waals surface area contributed by atoms with E-state index >= 15 is 0 Å². The van der Waals surface area contributed by atoms with Gasteiger partial charge in [-0.3, -0.25) is 4.79 Å². The summed E-state index contributed by atoms with van der Waals surface area (Å²) in [5.41, 5.74) is 2.60. The minimum atomic E-state index is -0.411. The van der Waals surface area contributed by atoms with Gasteiger partial charge < -0.3 is 5.11 Å². The van der Waals surface area contributed by atoms with Crippen molar-refractivity contribution in [3.63, 3.8) is 0 Å². The standard InChI is InChI=1S/C20H19NO2/c1-2-3-14-21-17(15-10-6-4-7-11-15)19(22)20(23)18(21)16-12-8-5-9-13-16/h4-13H,2-3,14H2,1H3. The molecular formula is C20H19NO2. The number of hydrogen-bond acceptors (Lipinski definition) is 2. The SMILES string of the molecule is CCCC[N+]1=C(c2ccccc2)C(=O)C([O-])=C1c1ccccc1. The van der Waals surface area contributed by atoms with Gasteiger partial charge in [-0.25, -0.2) is 0 Å². The van der Waals surface area contributed by atoms with Gasteiger partial charge in [0, 0.05) is 17.7 Å². The molecule has 116 valence electrons. The number of ketones is 1. The molecule has 3 nitrogen and oxygen atoms in total. The Balaban J connectivity index is 2.17. The Morgan fingerprint density at radius 2 is 1.48 bits per heavy atom. The molecule has 0 saturated heterocycles. The van der Waals surface area contributed by atoms with Crippen LogP contribution < -0.4 is 5.11 Å². The maximum Gasteiger partial charge on any atom is 0.260 e. The molecule has 0 fully saturated rings. The number of rotatable bonds is 5. The van der Waals surface area contributed by atoms with E-state index in [1.165, 1.54) is 0 Å². The molecule has 0 amide bonds. The quantitative estimate of drug-likeness (QED) is 0.797. The van der Waals surface area contributed by atoms with Gasteiger partial charge in [-0.1, -0.05) is 49.7 Å². The third-order valence-corrected chi connectivity index (χ3v) is 4.01. The molecule has 1 aliphatic heterocycles. The average Bonchev–Trinajstić information content (AvgIpc) is 2.85. The van der Waals surface area contributed by atoms with Crippen molar-refractivity contribution in [2.75, 3.05) is 6.54 Å². The Labute approximate surface area is 136 Å². The van der Waals surface area contributed by atoms with Crippen molar-refractivity contribution < 1.29 is 14.5 Å². The molecule has 0 N–H and O–H groups in total.